The minimum Gasteiger partial charge on any atom is -0.480 e. The van der Waals surface area contributed by atoms with Crippen molar-refractivity contribution in [2.24, 2.45) is 0 Å². The van der Waals surface area contributed by atoms with Crippen LogP contribution in [-0.4, -0.2) is 118 Å². The van der Waals surface area contributed by atoms with Gasteiger partial charge in [0, 0.05) is 13.1 Å². The van der Waals surface area contributed by atoms with E-state index in [2.05, 4.69) is 16.0 Å². The number of hydrogen-bond acceptors (Lipinski definition) is 8. The van der Waals surface area contributed by atoms with Gasteiger partial charge in [0.15, 0.2) is 0 Å². The summed E-state index contributed by atoms with van der Waals surface area (Å²) in [4.78, 5) is 64.9. The molecule has 4 amide bonds. The number of likely N-dealkylation sites (tertiary alicyclic amines) is 2. The molecule has 0 aromatic heterocycles. The lowest BCUT2D eigenvalue weighted by atomic mass is 10.1. The Hall–Kier alpha value is -2.77. The summed E-state index contributed by atoms with van der Waals surface area (Å²) in [6.07, 6.45) is 3.07. The Bertz CT molecular complexity index is 802. The highest BCUT2D eigenvalue weighted by atomic mass is 16.4. The van der Waals surface area contributed by atoms with E-state index in [1.54, 1.807) is 0 Å². The molecular formula is C21H33N5O8. The van der Waals surface area contributed by atoms with Crippen LogP contribution in [0.3, 0.4) is 0 Å². The van der Waals surface area contributed by atoms with Gasteiger partial charge in [-0.15, -0.1) is 0 Å². The summed E-state index contributed by atoms with van der Waals surface area (Å²) in [6, 6.07) is -4.94. The minimum atomic E-state index is -1.34. The SMILES string of the molecule is O=C(N[C@@H](CO)C(=O)N1CCC[C@H]1C(=O)N[C@@H](CO)C(=O)N1CCC[C@H]1C(=O)O)[C@@H]1CCCN1. The highest BCUT2D eigenvalue weighted by Crippen LogP contribution is 2.21. The molecule has 3 heterocycles. The minimum absolute atomic E-state index is 0.212. The van der Waals surface area contributed by atoms with Crippen molar-refractivity contribution in [3.05, 3.63) is 0 Å². The molecule has 3 aliphatic heterocycles. The molecule has 0 aromatic rings. The number of nitrogens with zero attached hydrogens (tertiary/aromatic N) is 2. The average Bonchev–Trinajstić information content (AvgIpc) is 3.60. The number of amides is 4. The molecule has 3 saturated heterocycles. The molecule has 3 rings (SSSR count). The smallest absolute Gasteiger partial charge is 0.326 e. The van der Waals surface area contributed by atoms with Gasteiger partial charge in [-0.1, -0.05) is 0 Å². The molecule has 0 aliphatic carbocycles. The van der Waals surface area contributed by atoms with Gasteiger partial charge in [-0.25, -0.2) is 4.79 Å². The van der Waals surface area contributed by atoms with Crippen molar-refractivity contribution in [2.45, 2.75) is 68.7 Å². The highest BCUT2D eigenvalue weighted by Gasteiger charge is 2.41. The van der Waals surface area contributed by atoms with Gasteiger partial charge < -0.3 is 41.1 Å². The summed E-state index contributed by atoms with van der Waals surface area (Å²) in [5, 5.41) is 36.7. The third-order valence-corrected chi connectivity index (χ3v) is 6.63. The van der Waals surface area contributed by atoms with Crippen molar-refractivity contribution in [3.63, 3.8) is 0 Å². The summed E-state index contributed by atoms with van der Waals surface area (Å²) >= 11 is 0. The van der Waals surface area contributed by atoms with Gasteiger partial charge in [-0.3, -0.25) is 19.2 Å². The zero-order valence-electron chi connectivity index (χ0n) is 18.9. The summed E-state index contributed by atoms with van der Waals surface area (Å²) in [5.41, 5.74) is 0. The number of carbonyl (C=O) groups is 5. The van der Waals surface area contributed by atoms with E-state index in [4.69, 9.17) is 0 Å². The van der Waals surface area contributed by atoms with Crippen LogP contribution in [-0.2, 0) is 24.0 Å². The molecule has 3 aliphatic rings. The van der Waals surface area contributed by atoms with E-state index in [0.717, 1.165) is 11.3 Å². The van der Waals surface area contributed by atoms with Gasteiger partial charge in [0.05, 0.1) is 19.3 Å². The molecule has 13 heteroatoms. The summed E-state index contributed by atoms with van der Waals surface area (Å²) in [7, 11) is 0. The molecule has 13 nitrogen and oxygen atoms in total. The standard InChI is InChI=1S/C21H33N5O8/c27-10-13(23-17(29)12-4-1-7-22-12)19(31)25-8-2-5-15(25)18(30)24-14(11-28)20(32)26-9-3-6-16(26)21(33)34/h12-16,22,27-28H,1-11H2,(H,23,29)(H,24,30)(H,33,34)/t12-,13-,14-,15-,16-/m0/s1. The number of carboxylic acid groups (broad SMARTS) is 1. The monoisotopic (exact) mass is 483 g/mol. The lowest BCUT2D eigenvalue weighted by molar-refractivity contribution is -0.150. The Morgan fingerprint density at radius 3 is 1.82 bits per heavy atom. The van der Waals surface area contributed by atoms with Gasteiger partial charge in [-0.2, -0.15) is 0 Å². The number of aliphatic hydroxyl groups is 2. The predicted molar refractivity (Wildman–Crippen MR) is 116 cm³/mol. The number of aliphatic hydroxyl groups excluding tert-OH is 2. The van der Waals surface area contributed by atoms with E-state index in [1.165, 1.54) is 4.90 Å². The molecular weight excluding hydrogens is 450 g/mol. The maximum absolute atomic E-state index is 13.0. The van der Waals surface area contributed by atoms with Crippen LogP contribution in [0.25, 0.3) is 0 Å². The van der Waals surface area contributed by atoms with Crippen LogP contribution in [0.2, 0.25) is 0 Å². The van der Waals surface area contributed by atoms with Crippen molar-refractivity contribution < 1.29 is 39.3 Å². The second kappa shape index (κ2) is 11.6. The molecule has 190 valence electrons. The van der Waals surface area contributed by atoms with Gasteiger partial charge in [-0.05, 0) is 45.1 Å². The second-order valence-electron chi connectivity index (χ2n) is 8.85. The van der Waals surface area contributed by atoms with Crippen LogP contribution in [0.1, 0.15) is 38.5 Å². The number of carboxylic acids is 1. The van der Waals surface area contributed by atoms with Gasteiger partial charge in [0.25, 0.3) is 0 Å². The number of nitrogens with one attached hydrogen (secondary N) is 3. The van der Waals surface area contributed by atoms with E-state index >= 15 is 0 Å². The zero-order chi connectivity index (χ0) is 24.8. The first kappa shape index (κ1) is 25.8. The van der Waals surface area contributed by atoms with Crippen LogP contribution in [0.5, 0.6) is 0 Å². The van der Waals surface area contributed by atoms with E-state index in [1.807, 2.05) is 0 Å². The summed E-state index contributed by atoms with van der Waals surface area (Å²) in [6.45, 7) is -0.220. The Labute approximate surface area is 196 Å². The quantitative estimate of drug-likeness (QED) is 0.196. The second-order valence-corrected chi connectivity index (χ2v) is 8.85. The van der Waals surface area contributed by atoms with E-state index < -0.39 is 73.0 Å². The fourth-order valence-corrected chi connectivity index (χ4v) is 4.81. The van der Waals surface area contributed by atoms with Crippen molar-refractivity contribution in [3.8, 4) is 0 Å². The van der Waals surface area contributed by atoms with Crippen LogP contribution in [0, 0.1) is 0 Å². The normalized spacial score (nSPS) is 26.2. The highest BCUT2D eigenvalue weighted by molar-refractivity contribution is 5.96. The third-order valence-electron chi connectivity index (χ3n) is 6.63. The summed E-state index contributed by atoms with van der Waals surface area (Å²) < 4.78 is 0. The molecule has 6 N–H and O–H groups in total. The molecule has 0 unspecified atom stereocenters. The third kappa shape index (κ3) is 5.65. The molecule has 5 atom stereocenters. The largest absolute Gasteiger partial charge is 0.480 e. The fraction of sp³-hybridized carbons (Fsp3) is 0.762. The Kier molecular flexibility index (Phi) is 8.80. The molecule has 34 heavy (non-hydrogen) atoms. The van der Waals surface area contributed by atoms with Crippen molar-refractivity contribution in [1.82, 2.24) is 25.8 Å². The predicted octanol–water partition coefficient (Wildman–Crippen LogP) is -3.24. The van der Waals surface area contributed by atoms with Crippen molar-refractivity contribution in [1.29, 1.82) is 0 Å². The first-order chi connectivity index (χ1) is 16.3. The molecule has 0 saturated carbocycles. The van der Waals surface area contributed by atoms with Gasteiger partial charge in [0.1, 0.15) is 24.2 Å². The zero-order valence-corrected chi connectivity index (χ0v) is 18.9. The van der Waals surface area contributed by atoms with Gasteiger partial charge >= 0.3 is 5.97 Å². The van der Waals surface area contributed by atoms with E-state index in [-0.39, 0.29) is 13.1 Å². The number of hydrogen-bond donors (Lipinski definition) is 6. The molecule has 0 bridgehead atoms. The van der Waals surface area contributed by atoms with Crippen LogP contribution in [0.15, 0.2) is 0 Å². The van der Waals surface area contributed by atoms with Crippen molar-refractivity contribution >= 4 is 29.6 Å². The maximum Gasteiger partial charge on any atom is 0.326 e. The van der Waals surface area contributed by atoms with E-state index in [0.29, 0.717) is 38.6 Å². The Morgan fingerprint density at radius 1 is 0.794 bits per heavy atom. The van der Waals surface area contributed by atoms with E-state index in [9.17, 15) is 39.3 Å². The topological polar surface area (TPSA) is 189 Å². The molecule has 3 fully saturated rings. The molecule has 0 radical (unpaired) electrons. The Balaban J connectivity index is 1.62. The number of aliphatic carboxylic acids is 1. The lowest BCUT2D eigenvalue weighted by Crippen LogP contribution is -2.59. The molecule has 0 spiro atoms. The van der Waals surface area contributed by atoms with Crippen LogP contribution >= 0.6 is 0 Å². The average molecular weight is 484 g/mol. The first-order valence-corrected chi connectivity index (χ1v) is 11.7. The fourth-order valence-electron chi connectivity index (χ4n) is 4.81. The number of carbonyl (C=O) groups excluding carboxylic acids is 4. The van der Waals surface area contributed by atoms with Crippen LogP contribution in [0.4, 0.5) is 0 Å². The first-order valence-electron chi connectivity index (χ1n) is 11.7. The Morgan fingerprint density at radius 2 is 1.32 bits per heavy atom. The molecule has 0 aromatic carbocycles. The van der Waals surface area contributed by atoms with Crippen molar-refractivity contribution in [2.75, 3.05) is 32.8 Å². The maximum atomic E-state index is 13.0. The summed E-state index contributed by atoms with van der Waals surface area (Å²) in [5.74, 6) is -3.50. The van der Waals surface area contributed by atoms with Crippen LogP contribution < -0.4 is 16.0 Å². The lowest BCUT2D eigenvalue weighted by Gasteiger charge is -2.30. The number of rotatable bonds is 9. The van der Waals surface area contributed by atoms with Gasteiger partial charge in [0.2, 0.25) is 23.6 Å².